The quantitative estimate of drug-likeness (QED) is 0.755. The maximum Gasteiger partial charge on any atom is 0.337 e. The van der Waals surface area contributed by atoms with E-state index in [1.165, 1.54) is 9.13 Å². The highest BCUT2D eigenvalue weighted by Crippen LogP contribution is 2.20. The van der Waals surface area contributed by atoms with Crippen molar-refractivity contribution in [3.63, 3.8) is 0 Å². The zero-order chi connectivity index (χ0) is 19.7. The van der Waals surface area contributed by atoms with Crippen molar-refractivity contribution in [2.24, 2.45) is 0 Å². The van der Waals surface area contributed by atoms with Crippen LogP contribution in [0.1, 0.15) is 18.4 Å². The van der Waals surface area contributed by atoms with Crippen LogP contribution in [0.25, 0.3) is 16.7 Å². The van der Waals surface area contributed by atoms with Gasteiger partial charge >= 0.3 is 5.69 Å². The molecule has 2 heterocycles. The number of ether oxygens (including phenoxy) is 1. The molecule has 3 aromatic rings. The van der Waals surface area contributed by atoms with Crippen molar-refractivity contribution in [2.45, 2.75) is 19.4 Å². The molecular formula is C21H20N4O3. The van der Waals surface area contributed by atoms with Crippen molar-refractivity contribution < 1.29 is 4.74 Å². The van der Waals surface area contributed by atoms with E-state index >= 15 is 0 Å². The minimum atomic E-state index is -0.423. The topological polar surface area (TPSA) is 92.1 Å². The molecule has 7 nitrogen and oxygen atoms in total. The van der Waals surface area contributed by atoms with Gasteiger partial charge in [-0.2, -0.15) is 0 Å². The fraction of sp³-hybridized carbons (Fsp3) is 0.190. The molecule has 0 aliphatic heterocycles. The van der Waals surface area contributed by atoms with Crippen molar-refractivity contribution in [1.82, 2.24) is 14.1 Å². The van der Waals surface area contributed by atoms with Crippen LogP contribution in [0.15, 0.2) is 64.2 Å². The monoisotopic (exact) mass is 376 g/mol. The Hall–Kier alpha value is -3.61. The summed E-state index contributed by atoms with van der Waals surface area (Å²) in [4.78, 5) is 30.6. The summed E-state index contributed by atoms with van der Waals surface area (Å²) in [6.45, 7) is 0.158. The van der Waals surface area contributed by atoms with Crippen molar-refractivity contribution in [3.05, 3.63) is 81.0 Å². The molecule has 0 bridgehead atoms. The predicted octanol–water partition coefficient (Wildman–Crippen LogP) is 2.39. The molecule has 0 amide bonds. The van der Waals surface area contributed by atoms with Crippen molar-refractivity contribution in [2.75, 3.05) is 12.8 Å². The molecular weight excluding hydrogens is 356 g/mol. The number of fused-ring (bicyclic) bond motifs is 1. The maximum absolute atomic E-state index is 13.3. The summed E-state index contributed by atoms with van der Waals surface area (Å²) in [5, 5.41) is 0.359. The van der Waals surface area contributed by atoms with Gasteiger partial charge in [0.15, 0.2) is 5.65 Å². The first kappa shape index (κ1) is 17.8. The van der Waals surface area contributed by atoms with Gasteiger partial charge < -0.3 is 10.5 Å². The highest BCUT2D eigenvalue weighted by molar-refractivity contribution is 5.79. The molecule has 0 saturated carbocycles. The molecule has 0 radical (unpaired) electrons. The Labute approximate surface area is 161 Å². The van der Waals surface area contributed by atoms with Gasteiger partial charge in [0, 0.05) is 5.70 Å². The number of hydrogen-bond acceptors (Lipinski definition) is 5. The summed E-state index contributed by atoms with van der Waals surface area (Å²) >= 11 is 0. The van der Waals surface area contributed by atoms with Crippen LogP contribution in [0.2, 0.25) is 0 Å². The zero-order valence-electron chi connectivity index (χ0n) is 15.5. The molecule has 142 valence electrons. The van der Waals surface area contributed by atoms with Crippen LogP contribution in [0, 0.1) is 0 Å². The minimum Gasteiger partial charge on any atom is -0.497 e. The van der Waals surface area contributed by atoms with Gasteiger partial charge in [0.1, 0.15) is 11.6 Å². The number of benzene rings is 1. The average molecular weight is 376 g/mol. The number of rotatable bonds is 4. The van der Waals surface area contributed by atoms with Crippen LogP contribution in [-0.4, -0.2) is 21.2 Å². The molecule has 0 spiro atoms. The van der Waals surface area contributed by atoms with Crippen LogP contribution in [-0.2, 0) is 6.54 Å². The van der Waals surface area contributed by atoms with E-state index in [9.17, 15) is 9.59 Å². The largest absolute Gasteiger partial charge is 0.497 e. The second kappa shape index (κ2) is 7.19. The standard InChI is InChI=1S/C21H20N4O3/c1-28-16-9-7-14(8-10-16)13-24-20(26)17-11-12-18(22)23-19(17)25(21(24)27)15-5-3-2-4-6-15/h2-3,5,7-12H,4,6,13H2,1H3,(H2,22,23). The fourth-order valence-electron chi connectivity index (χ4n) is 3.33. The first-order valence-electron chi connectivity index (χ1n) is 8.99. The van der Waals surface area contributed by atoms with E-state index in [0.29, 0.717) is 23.2 Å². The maximum atomic E-state index is 13.3. The van der Waals surface area contributed by atoms with Gasteiger partial charge in [-0.3, -0.25) is 9.36 Å². The predicted molar refractivity (Wildman–Crippen MR) is 109 cm³/mol. The first-order valence-corrected chi connectivity index (χ1v) is 8.99. The minimum absolute atomic E-state index is 0.158. The number of anilines is 1. The molecule has 0 atom stereocenters. The third-order valence-electron chi connectivity index (χ3n) is 4.79. The molecule has 0 unspecified atom stereocenters. The smallest absolute Gasteiger partial charge is 0.337 e. The molecule has 1 aromatic carbocycles. The SMILES string of the molecule is COc1ccc(Cn2c(=O)c3ccc(N)nc3n(C3=CC=CCC3)c2=O)cc1. The highest BCUT2D eigenvalue weighted by Gasteiger charge is 2.18. The summed E-state index contributed by atoms with van der Waals surface area (Å²) in [6.07, 6.45) is 7.31. The summed E-state index contributed by atoms with van der Waals surface area (Å²) < 4.78 is 7.90. The number of hydrogen-bond donors (Lipinski definition) is 1. The van der Waals surface area contributed by atoms with E-state index in [-0.39, 0.29) is 17.9 Å². The lowest BCUT2D eigenvalue weighted by molar-refractivity contribution is 0.414. The molecule has 0 fully saturated rings. The van der Waals surface area contributed by atoms with Gasteiger partial charge in [-0.1, -0.05) is 24.3 Å². The Morgan fingerprint density at radius 2 is 1.93 bits per heavy atom. The Morgan fingerprint density at radius 1 is 1.14 bits per heavy atom. The van der Waals surface area contributed by atoms with E-state index < -0.39 is 5.69 Å². The average Bonchev–Trinajstić information content (AvgIpc) is 2.72. The van der Waals surface area contributed by atoms with Crippen LogP contribution in [0.3, 0.4) is 0 Å². The van der Waals surface area contributed by atoms with Crippen molar-refractivity contribution >= 4 is 22.5 Å². The van der Waals surface area contributed by atoms with Gasteiger partial charge in [0.2, 0.25) is 0 Å². The van der Waals surface area contributed by atoms with Crippen LogP contribution >= 0.6 is 0 Å². The lowest BCUT2D eigenvalue weighted by atomic mass is 10.1. The van der Waals surface area contributed by atoms with Gasteiger partial charge in [0.05, 0.1) is 19.0 Å². The molecule has 1 aliphatic carbocycles. The number of nitrogens with zero attached hydrogens (tertiary/aromatic N) is 3. The number of methoxy groups -OCH3 is 1. The Morgan fingerprint density at radius 3 is 2.61 bits per heavy atom. The second-order valence-corrected chi connectivity index (χ2v) is 6.59. The van der Waals surface area contributed by atoms with Gasteiger partial charge in [0.25, 0.3) is 5.56 Å². The van der Waals surface area contributed by atoms with Crippen LogP contribution in [0.4, 0.5) is 5.82 Å². The van der Waals surface area contributed by atoms with Gasteiger partial charge in [-0.25, -0.2) is 14.3 Å². The Kier molecular flexibility index (Phi) is 4.57. The summed E-state index contributed by atoms with van der Waals surface area (Å²) in [5.74, 6) is 0.978. The van der Waals surface area contributed by atoms with Crippen molar-refractivity contribution in [3.8, 4) is 5.75 Å². The molecule has 1 aliphatic rings. The molecule has 0 saturated heterocycles. The second-order valence-electron chi connectivity index (χ2n) is 6.59. The Balaban J connectivity index is 1.95. The van der Waals surface area contributed by atoms with E-state index in [1.54, 1.807) is 31.4 Å². The van der Waals surface area contributed by atoms with Crippen molar-refractivity contribution in [1.29, 1.82) is 0 Å². The van der Waals surface area contributed by atoms with E-state index in [1.807, 2.05) is 30.4 Å². The third-order valence-corrected chi connectivity index (χ3v) is 4.79. The number of nitrogen functional groups attached to an aromatic ring is 1. The molecule has 2 aromatic heterocycles. The van der Waals surface area contributed by atoms with Gasteiger partial charge in [-0.15, -0.1) is 0 Å². The van der Waals surface area contributed by atoms with Crippen LogP contribution < -0.4 is 21.7 Å². The fourth-order valence-corrected chi connectivity index (χ4v) is 3.33. The number of pyridine rings is 1. The normalized spacial score (nSPS) is 13.5. The summed E-state index contributed by atoms with van der Waals surface area (Å²) in [5.41, 5.74) is 6.94. The van der Waals surface area contributed by atoms with E-state index in [2.05, 4.69) is 4.98 Å². The lowest BCUT2D eigenvalue weighted by Crippen LogP contribution is -2.40. The first-order chi connectivity index (χ1) is 13.6. The van der Waals surface area contributed by atoms with Crippen LogP contribution in [0.5, 0.6) is 5.75 Å². The van der Waals surface area contributed by atoms with Gasteiger partial charge in [-0.05, 0) is 48.7 Å². The summed E-state index contributed by atoms with van der Waals surface area (Å²) in [7, 11) is 1.59. The zero-order valence-corrected chi connectivity index (χ0v) is 15.5. The third kappa shape index (κ3) is 3.11. The molecule has 7 heteroatoms. The molecule has 28 heavy (non-hydrogen) atoms. The Bertz CT molecular complexity index is 1220. The summed E-state index contributed by atoms with van der Waals surface area (Å²) in [6, 6.07) is 10.5. The van der Waals surface area contributed by atoms with E-state index in [0.717, 1.165) is 17.7 Å². The highest BCUT2D eigenvalue weighted by atomic mass is 16.5. The number of allylic oxidation sites excluding steroid dienone is 4. The number of aromatic nitrogens is 3. The molecule has 4 rings (SSSR count). The van der Waals surface area contributed by atoms with E-state index in [4.69, 9.17) is 10.5 Å². The lowest BCUT2D eigenvalue weighted by Gasteiger charge is -2.17. The number of nitrogens with two attached hydrogens (primary N) is 1. The molecule has 2 N–H and O–H groups in total.